The van der Waals surface area contributed by atoms with Gasteiger partial charge in [0.05, 0.1) is 24.8 Å². The topological polar surface area (TPSA) is 66.8 Å². The van der Waals surface area contributed by atoms with Crippen LogP contribution in [0.1, 0.15) is 55.3 Å². The summed E-state index contributed by atoms with van der Waals surface area (Å²) in [6.07, 6.45) is 3.41. The lowest BCUT2D eigenvalue weighted by atomic mass is 9.99. The first-order chi connectivity index (χ1) is 12.9. The second kappa shape index (κ2) is 8.44. The summed E-state index contributed by atoms with van der Waals surface area (Å²) in [4.78, 5) is 29.2. The maximum Gasteiger partial charge on any atom is 0.267 e. The van der Waals surface area contributed by atoms with Crippen LogP contribution < -0.4 is 5.32 Å². The van der Waals surface area contributed by atoms with E-state index in [2.05, 4.69) is 10.2 Å². The molecule has 0 radical (unpaired) electrons. The van der Waals surface area contributed by atoms with Crippen LogP contribution in [0.5, 0.6) is 0 Å². The molecule has 0 spiro atoms. The highest BCUT2D eigenvalue weighted by Gasteiger charge is 2.32. The fraction of sp³-hybridized carbons (Fsp3) is 0.700. The molecule has 3 heterocycles. The van der Waals surface area contributed by atoms with Crippen LogP contribution in [0.2, 0.25) is 0 Å². The Morgan fingerprint density at radius 3 is 2.56 bits per heavy atom. The van der Waals surface area contributed by atoms with E-state index < -0.39 is 0 Å². The Morgan fingerprint density at radius 2 is 1.89 bits per heavy atom. The number of carbonyl (C=O) groups excluding carboxylic acids is 2. The first-order valence-electron chi connectivity index (χ1n) is 9.95. The van der Waals surface area contributed by atoms with Gasteiger partial charge in [0.15, 0.2) is 0 Å². The standard InChI is InChI=1S/C20H32N4O3/c1-14-11-24(12-15(2)27-14)19(25)13-23-10-6-5-7-17(23)16-8-9-18(22(16)4)20(26)21-3/h8-9,14-15,17H,5-7,10-13H2,1-4H3,(H,21,26)/t14-,15-,17-/m0/s1. The van der Waals surface area contributed by atoms with Gasteiger partial charge in [0, 0.05) is 32.9 Å². The Morgan fingerprint density at radius 1 is 1.19 bits per heavy atom. The Balaban J connectivity index is 1.73. The Kier molecular flexibility index (Phi) is 6.22. The molecule has 2 aliphatic rings. The Labute approximate surface area is 161 Å². The van der Waals surface area contributed by atoms with Crippen LogP contribution in [0, 0.1) is 0 Å². The third-order valence-corrected chi connectivity index (χ3v) is 5.69. The van der Waals surface area contributed by atoms with Gasteiger partial charge in [0.25, 0.3) is 5.91 Å². The molecule has 3 rings (SSSR count). The lowest BCUT2D eigenvalue weighted by Gasteiger charge is -2.39. The monoisotopic (exact) mass is 376 g/mol. The first kappa shape index (κ1) is 19.9. The van der Waals surface area contributed by atoms with Crippen molar-refractivity contribution in [2.75, 3.05) is 33.2 Å². The molecule has 7 nitrogen and oxygen atoms in total. The lowest BCUT2D eigenvalue weighted by molar-refractivity contribution is -0.145. The maximum absolute atomic E-state index is 12.9. The molecule has 0 saturated carbocycles. The summed E-state index contributed by atoms with van der Waals surface area (Å²) in [5.74, 6) is 0.0862. The smallest absolute Gasteiger partial charge is 0.267 e. The summed E-state index contributed by atoms with van der Waals surface area (Å²) < 4.78 is 7.71. The molecular weight excluding hydrogens is 344 g/mol. The summed E-state index contributed by atoms with van der Waals surface area (Å²) in [6, 6.07) is 4.06. The normalized spacial score (nSPS) is 26.8. The fourth-order valence-corrected chi connectivity index (χ4v) is 4.39. The van der Waals surface area contributed by atoms with E-state index >= 15 is 0 Å². The van der Waals surface area contributed by atoms with Gasteiger partial charge in [-0.1, -0.05) is 6.42 Å². The van der Waals surface area contributed by atoms with Crippen molar-refractivity contribution in [2.24, 2.45) is 7.05 Å². The molecule has 2 aliphatic heterocycles. The molecule has 1 aromatic heterocycles. The van der Waals surface area contributed by atoms with Crippen LogP contribution in [0.15, 0.2) is 12.1 Å². The number of likely N-dealkylation sites (tertiary alicyclic amines) is 1. The van der Waals surface area contributed by atoms with Crippen LogP contribution >= 0.6 is 0 Å². The van der Waals surface area contributed by atoms with Gasteiger partial charge in [-0.3, -0.25) is 14.5 Å². The number of amides is 2. The van der Waals surface area contributed by atoms with Crippen molar-refractivity contribution in [1.29, 1.82) is 0 Å². The Bertz CT molecular complexity index is 677. The number of rotatable bonds is 4. The zero-order valence-electron chi connectivity index (χ0n) is 16.9. The number of carbonyl (C=O) groups is 2. The van der Waals surface area contributed by atoms with E-state index in [1.807, 2.05) is 42.5 Å². The van der Waals surface area contributed by atoms with Crippen LogP contribution in [0.3, 0.4) is 0 Å². The van der Waals surface area contributed by atoms with Crippen LogP contribution in [0.4, 0.5) is 0 Å². The van der Waals surface area contributed by atoms with Crippen molar-refractivity contribution >= 4 is 11.8 Å². The molecular formula is C20H32N4O3. The summed E-state index contributed by atoms with van der Waals surface area (Å²) in [7, 11) is 3.57. The van der Waals surface area contributed by atoms with Crippen molar-refractivity contribution in [3.63, 3.8) is 0 Å². The number of nitrogens with one attached hydrogen (secondary N) is 1. The van der Waals surface area contributed by atoms with Gasteiger partial charge in [-0.05, 0) is 45.4 Å². The predicted octanol–water partition coefficient (Wildman–Crippen LogP) is 1.55. The number of hydrogen-bond donors (Lipinski definition) is 1. The summed E-state index contributed by atoms with van der Waals surface area (Å²) in [6.45, 7) is 6.68. The molecule has 0 aromatic carbocycles. The molecule has 1 N–H and O–H groups in total. The number of aromatic nitrogens is 1. The van der Waals surface area contributed by atoms with E-state index in [0.29, 0.717) is 25.3 Å². The largest absolute Gasteiger partial charge is 0.372 e. The average molecular weight is 377 g/mol. The number of hydrogen-bond acceptors (Lipinski definition) is 4. The molecule has 0 aliphatic carbocycles. The summed E-state index contributed by atoms with van der Waals surface area (Å²) in [5, 5.41) is 2.69. The maximum atomic E-state index is 12.9. The van der Waals surface area contributed by atoms with E-state index in [9.17, 15) is 9.59 Å². The number of ether oxygens (including phenoxy) is 1. The summed E-state index contributed by atoms with van der Waals surface area (Å²) in [5.41, 5.74) is 1.75. The molecule has 2 amide bonds. The van der Waals surface area contributed by atoms with E-state index in [1.165, 1.54) is 0 Å². The highest BCUT2D eigenvalue weighted by atomic mass is 16.5. The van der Waals surface area contributed by atoms with Crippen molar-refractivity contribution in [1.82, 2.24) is 19.7 Å². The van der Waals surface area contributed by atoms with Gasteiger partial charge >= 0.3 is 0 Å². The van der Waals surface area contributed by atoms with Crippen molar-refractivity contribution in [3.05, 3.63) is 23.5 Å². The second-order valence-electron chi connectivity index (χ2n) is 7.82. The second-order valence-corrected chi connectivity index (χ2v) is 7.82. The third kappa shape index (κ3) is 4.35. The van der Waals surface area contributed by atoms with Gasteiger partial charge in [-0.15, -0.1) is 0 Å². The molecule has 0 unspecified atom stereocenters. The molecule has 1 aromatic rings. The number of morpholine rings is 1. The van der Waals surface area contributed by atoms with Crippen molar-refractivity contribution in [2.45, 2.75) is 51.4 Å². The van der Waals surface area contributed by atoms with Gasteiger partial charge in [-0.25, -0.2) is 0 Å². The summed E-state index contributed by atoms with van der Waals surface area (Å²) >= 11 is 0. The fourth-order valence-electron chi connectivity index (χ4n) is 4.39. The van der Waals surface area contributed by atoms with Crippen LogP contribution in [-0.2, 0) is 16.6 Å². The first-order valence-corrected chi connectivity index (χ1v) is 9.95. The van der Waals surface area contributed by atoms with E-state index in [0.717, 1.165) is 31.5 Å². The zero-order valence-corrected chi connectivity index (χ0v) is 16.9. The molecule has 7 heteroatoms. The number of nitrogens with zero attached hydrogens (tertiary/aromatic N) is 3. The van der Waals surface area contributed by atoms with E-state index in [4.69, 9.17) is 4.74 Å². The van der Waals surface area contributed by atoms with E-state index in [-0.39, 0.29) is 30.1 Å². The zero-order chi connectivity index (χ0) is 19.6. The average Bonchev–Trinajstić information content (AvgIpc) is 3.02. The van der Waals surface area contributed by atoms with E-state index in [1.54, 1.807) is 7.05 Å². The van der Waals surface area contributed by atoms with Gasteiger partial charge in [0.2, 0.25) is 5.91 Å². The van der Waals surface area contributed by atoms with Gasteiger partial charge < -0.3 is 19.5 Å². The molecule has 27 heavy (non-hydrogen) atoms. The lowest BCUT2D eigenvalue weighted by Crippen LogP contribution is -2.51. The highest BCUT2D eigenvalue weighted by molar-refractivity contribution is 5.92. The minimum absolute atomic E-state index is 0.0813. The van der Waals surface area contributed by atoms with Crippen LogP contribution in [0.25, 0.3) is 0 Å². The quantitative estimate of drug-likeness (QED) is 0.866. The molecule has 2 fully saturated rings. The minimum atomic E-state index is -0.0847. The van der Waals surface area contributed by atoms with Crippen LogP contribution in [-0.4, -0.2) is 71.6 Å². The molecule has 0 bridgehead atoms. The SMILES string of the molecule is CNC(=O)c1ccc([C@@H]2CCCCN2CC(=O)N2C[C@H](C)O[C@@H](C)C2)n1C. The molecule has 150 valence electrons. The third-order valence-electron chi connectivity index (χ3n) is 5.69. The molecule has 3 atom stereocenters. The molecule has 2 saturated heterocycles. The number of piperidine rings is 1. The van der Waals surface area contributed by atoms with Gasteiger partial charge in [0.1, 0.15) is 5.69 Å². The predicted molar refractivity (Wildman–Crippen MR) is 104 cm³/mol. The van der Waals surface area contributed by atoms with Gasteiger partial charge in [-0.2, -0.15) is 0 Å². The van der Waals surface area contributed by atoms with Crippen molar-refractivity contribution < 1.29 is 14.3 Å². The Hall–Kier alpha value is -1.86. The van der Waals surface area contributed by atoms with Crippen molar-refractivity contribution in [3.8, 4) is 0 Å². The minimum Gasteiger partial charge on any atom is -0.372 e. The highest BCUT2D eigenvalue weighted by Crippen LogP contribution is 2.31.